The van der Waals surface area contributed by atoms with Gasteiger partial charge in [-0.2, -0.15) is 5.26 Å². The average molecular weight is 171 g/mol. The monoisotopic (exact) mass is 171 g/mol. The van der Waals surface area contributed by atoms with Crippen molar-refractivity contribution in [3.63, 3.8) is 0 Å². The van der Waals surface area contributed by atoms with Gasteiger partial charge in [-0.1, -0.05) is 24.3 Å². The summed E-state index contributed by atoms with van der Waals surface area (Å²) in [5.74, 6) is 0.781. The van der Waals surface area contributed by atoms with Gasteiger partial charge in [0.15, 0.2) is 0 Å². The van der Waals surface area contributed by atoms with Crippen molar-refractivity contribution >= 4 is 0 Å². The van der Waals surface area contributed by atoms with E-state index in [0.717, 1.165) is 5.92 Å². The van der Waals surface area contributed by atoms with Crippen LogP contribution in [0.3, 0.4) is 0 Å². The lowest BCUT2D eigenvalue weighted by molar-refractivity contribution is 0.936. The molecule has 0 saturated heterocycles. The second-order valence-corrected chi connectivity index (χ2v) is 3.75. The van der Waals surface area contributed by atoms with Crippen molar-refractivity contribution in [2.24, 2.45) is 0 Å². The Labute approximate surface area is 79.0 Å². The number of nitriles is 1. The van der Waals surface area contributed by atoms with Gasteiger partial charge in [0.2, 0.25) is 0 Å². The van der Waals surface area contributed by atoms with Crippen molar-refractivity contribution < 1.29 is 0 Å². The Balaban J connectivity index is 2.38. The Morgan fingerprint density at radius 3 is 2.69 bits per heavy atom. The minimum Gasteiger partial charge on any atom is -0.198 e. The van der Waals surface area contributed by atoms with E-state index in [1.54, 1.807) is 0 Å². The molecule has 1 unspecified atom stereocenters. The quantitative estimate of drug-likeness (QED) is 0.670. The van der Waals surface area contributed by atoms with E-state index in [1.807, 2.05) is 13.0 Å². The summed E-state index contributed by atoms with van der Waals surface area (Å²) in [5.41, 5.74) is 2.63. The van der Waals surface area contributed by atoms with E-state index < -0.39 is 0 Å². The highest BCUT2D eigenvalue weighted by atomic mass is 14.3. The third kappa shape index (κ3) is 1.58. The zero-order valence-electron chi connectivity index (χ0n) is 7.83. The van der Waals surface area contributed by atoms with E-state index in [1.165, 1.54) is 24.0 Å². The number of nitrogens with zero attached hydrogens (tertiary/aromatic N) is 1. The fourth-order valence-electron chi connectivity index (χ4n) is 1.74. The van der Waals surface area contributed by atoms with Crippen LogP contribution in [0, 0.1) is 11.3 Å². The summed E-state index contributed by atoms with van der Waals surface area (Å²) < 4.78 is 0. The SMILES string of the molecule is CC(C#N)c1ccccc1C1CC1. The fraction of sp³-hybridized carbons (Fsp3) is 0.417. The number of hydrogen-bond donors (Lipinski definition) is 0. The lowest BCUT2D eigenvalue weighted by Crippen LogP contribution is -1.95. The van der Waals surface area contributed by atoms with Crippen LogP contribution in [0.25, 0.3) is 0 Å². The first kappa shape index (κ1) is 8.31. The molecule has 1 fully saturated rings. The lowest BCUT2D eigenvalue weighted by Gasteiger charge is -2.09. The van der Waals surface area contributed by atoms with Crippen molar-refractivity contribution in [2.75, 3.05) is 0 Å². The van der Waals surface area contributed by atoms with E-state index in [-0.39, 0.29) is 5.92 Å². The first-order valence-corrected chi connectivity index (χ1v) is 4.81. The van der Waals surface area contributed by atoms with Crippen LogP contribution in [0.15, 0.2) is 24.3 Å². The van der Waals surface area contributed by atoms with Gasteiger partial charge >= 0.3 is 0 Å². The molecule has 1 aromatic rings. The third-order valence-corrected chi connectivity index (χ3v) is 2.67. The van der Waals surface area contributed by atoms with Gasteiger partial charge in [0.25, 0.3) is 0 Å². The van der Waals surface area contributed by atoms with Gasteiger partial charge in [0.1, 0.15) is 0 Å². The summed E-state index contributed by atoms with van der Waals surface area (Å²) in [6, 6.07) is 10.7. The number of benzene rings is 1. The first-order chi connectivity index (χ1) is 6.33. The molecule has 2 rings (SSSR count). The second kappa shape index (κ2) is 3.22. The van der Waals surface area contributed by atoms with Crippen molar-refractivity contribution in [3.05, 3.63) is 35.4 Å². The Kier molecular flexibility index (Phi) is 2.06. The Bertz CT molecular complexity index is 344. The maximum Gasteiger partial charge on any atom is 0.0701 e. The molecule has 0 heterocycles. The first-order valence-electron chi connectivity index (χ1n) is 4.81. The van der Waals surface area contributed by atoms with Crippen LogP contribution in [0.1, 0.15) is 42.7 Å². The van der Waals surface area contributed by atoms with Gasteiger partial charge in [-0.15, -0.1) is 0 Å². The minimum absolute atomic E-state index is 0.0387. The summed E-state index contributed by atoms with van der Waals surface area (Å²) in [6.45, 7) is 1.97. The molecule has 1 aliphatic carbocycles. The van der Waals surface area contributed by atoms with E-state index in [2.05, 4.69) is 24.3 Å². The normalized spacial score (nSPS) is 17.8. The van der Waals surface area contributed by atoms with E-state index in [0.29, 0.717) is 0 Å². The molecule has 1 atom stereocenters. The summed E-state index contributed by atoms with van der Waals surface area (Å²) in [6.07, 6.45) is 2.60. The minimum atomic E-state index is 0.0387. The average Bonchev–Trinajstić information content (AvgIpc) is 3.00. The lowest BCUT2D eigenvalue weighted by atomic mass is 9.94. The van der Waals surface area contributed by atoms with Crippen molar-refractivity contribution in [2.45, 2.75) is 31.6 Å². The van der Waals surface area contributed by atoms with Crippen LogP contribution in [0.2, 0.25) is 0 Å². The van der Waals surface area contributed by atoms with Gasteiger partial charge in [0.05, 0.1) is 12.0 Å². The second-order valence-electron chi connectivity index (χ2n) is 3.75. The van der Waals surface area contributed by atoms with Crippen LogP contribution < -0.4 is 0 Å². The van der Waals surface area contributed by atoms with Crippen LogP contribution >= 0.6 is 0 Å². The molecule has 1 heteroatoms. The van der Waals surface area contributed by atoms with Crippen LogP contribution in [0.4, 0.5) is 0 Å². The summed E-state index contributed by atoms with van der Waals surface area (Å²) >= 11 is 0. The van der Waals surface area contributed by atoms with E-state index in [9.17, 15) is 0 Å². The highest BCUT2D eigenvalue weighted by Gasteiger charge is 2.26. The molecule has 0 bridgehead atoms. The standard InChI is InChI=1S/C12H13N/c1-9(8-13)11-4-2-3-5-12(11)10-6-7-10/h2-5,9-10H,6-7H2,1H3. The molecule has 0 radical (unpaired) electrons. The summed E-state index contributed by atoms with van der Waals surface area (Å²) in [4.78, 5) is 0. The van der Waals surface area contributed by atoms with Gasteiger partial charge in [-0.25, -0.2) is 0 Å². The zero-order chi connectivity index (χ0) is 9.26. The van der Waals surface area contributed by atoms with Crippen LogP contribution in [0.5, 0.6) is 0 Å². The fourth-order valence-corrected chi connectivity index (χ4v) is 1.74. The summed E-state index contributed by atoms with van der Waals surface area (Å²) in [5, 5.41) is 8.86. The topological polar surface area (TPSA) is 23.8 Å². The molecule has 0 amide bonds. The molecule has 1 aromatic carbocycles. The van der Waals surface area contributed by atoms with Crippen molar-refractivity contribution in [1.29, 1.82) is 5.26 Å². The molecule has 1 saturated carbocycles. The van der Waals surface area contributed by atoms with Crippen LogP contribution in [-0.2, 0) is 0 Å². The smallest absolute Gasteiger partial charge is 0.0701 e. The highest BCUT2D eigenvalue weighted by Crippen LogP contribution is 2.42. The number of rotatable bonds is 2. The summed E-state index contributed by atoms with van der Waals surface area (Å²) in [7, 11) is 0. The largest absolute Gasteiger partial charge is 0.198 e. The van der Waals surface area contributed by atoms with E-state index >= 15 is 0 Å². The van der Waals surface area contributed by atoms with E-state index in [4.69, 9.17) is 5.26 Å². The van der Waals surface area contributed by atoms with Gasteiger partial charge in [-0.05, 0) is 36.8 Å². The Morgan fingerprint density at radius 1 is 1.38 bits per heavy atom. The molecular weight excluding hydrogens is 158 g/mol. The molecule has 0 aliphatic heterocycles. The molecule has 13 heavy (non-hydrogen) atoms. The molecule has 0 spiro atoms. The van der Waals surface area contributed by atoms with Gasteiger partial charge < -0.3 is 0 Å². The predicted molar refractivity (Wildman–Crippen MR) is 52.4 cm³/mol. The zero-order valence-corrected chi connectivity index (χ0v) is 7.83. The highest BCUT2D eigenvalue weighted by molar-refractivity contribution is 5.37. The van der Waals surface area contributed by atoms with Gasteiger partial charge in [-0.3, -0.25) is 0 Å². The van der Waals surface area contributed by atoms with Crippen molar-refractivity contribution in [1.82, 2.24) is 0 Å². The molecule has 0 aromatic heterocycles. The van der Waals surface area contributed by atoms with Gasteiger partial charge in [0, 0.05) is 0 Å². The Hall–Kier alpha value is -1.29. The molecular formula is C12H13N. The number of hydrogen-bond acceptors (Lipinski definition) is 1. The maximum atomic E-state index is 8.86. The molecule has 1 aliphatic rings. The molecule has 1 nitrogen and oxygen atoms in total. The molecule has 0 N–H and O–H groups in total. The van der Waals surface area contributed by atoms with Crippen LogP contribution in [-0.4, -0.2) is 0 Å². The predicted octanol–water partition coefficient (Wildman–Crippen LogP) is 3.19. The van der Waals surface area contributed by atoms with Crippen molar-refractivity contribution in [3.8, 4) is 6.07 Å². The molecule has 66 valence electrons. The Morgan fingerprint density at radius 2 is 2.08 bits per heavy atom. The maximum absolute atomic E-state index is 8.86. The third-order valence-electron chi connectivity index (χ3n) is 2.67.